The summed E-state index contributed by atoms with van der Waals surface area (Å²) in [7, 11) is 0. The lowest BCUT2D eigenvalue weighted by Crippen LogP contribution is -2.14. The van der Waals surface area contributed by atoms with Crippen molar-refractivity contribution in [2.75, 3.05) is 5.32 Å². The van der Waals surface area contributed by atoms with E-state index in [1.54, 1.807) is 19.1 Å². The highest BCUT2D eigenvalue weighted by molar-refractivity contribution is 6.05. The van der Waals surface area contributed by atoms with Crippen LogP contribution in [0, 0.1) is 17.0 Å². The summed E-state index contributed by atoms with van der Waals surface area (Å²) in [6.07, 6.45) is 0.875. The zero-order valence-electron chi connectivity index (χ0n) is 11.9. The molecule has 21 heavy (non-hydrogen) atoms. The summed E-state index contributed by atoms with van der Waals surface area (Å²) in [6, 6.07) is 12.0. The molecular weight excluding hydrogens is 268 g/mol. The van der Waals surface area contributed by atoms with E-state index in [-0.39, 0.29) is 11.6 Å². The number of nitro benzene ring substituents is 1. The van der Waals surface area contributed by atoms with Gasteiger partial charge in [-0.25, -0.2) is 0 Å². The number of nitro groups is 1. The van der Waals surface area contributed by atoms with E-state index >= 15 is 0 Å². The molecule has 0 aliphatic heterocycles. The zero-order valence-corrected chi connectivity index (χ0v) is 11.9. The summed E-state index contributed by atoms with van der Waals surface area (Å²) >= 11 is 0. The van der Waals surface area contributed by atoms with Gasteiger partial charge in [0.2, 0.25) is 0 Å². The molecule has 0 bridgehead atoms. The number of anilines is 1. The van der Waals surface area contributed by atoms with Crippen LogP contribution in [0.4, 0.5) is 11.4 Å². The fraction of sp³-hybridized carbons (Fsp3) is 0.188. The monoisotopic (exact) mass is 284 g/mol. The highest BCUT2D eigenvalue weighted by Gasteiger charge is 2.17. The Hall–Kier alpha value is -2.69. The van der Waals surface area contributed by atoms with Gasteiger partial charge in [0.25, 0.3) is 11.6 Å². The van der Waals surface area contributed by atoms with Gasteiger partial charge in [-0.05, 0) is 37.1 Å². The number of aryl methyl sites for hydroxylation is 1. The van der Waals surface area contributed by atoms with Gasteiger partial charge in [-0.1, -0.05) is 25.1 Å². The smallest absolute Gasteiger partial charge is 0.273 e. The first-order valence-electron chi connectivity index (χ1n) is 6.67. The number of carbonyl (C=O) groups excluding carboxylic acids is 1. The minimum absolute atomic E-state index is 0.0510. The molecule has 0 fully saturated rings. The lowest BCUT2D eigenvalue weighted by Gasteiger charge is -2.09. The molecule has 0 spiro atoms. The fourth-order valence-electron chi connectivity index (χ4n) is 2.13. The molecule has 2 rings (SSSR count). The summed E-state index contributed by atoms with van der Waals surface area (Å²) in [4.78, 5) is 22.7. The third-order valence-corrected chi connectivity index (χ3v) is 3.34. The number of benzene rings is 2. The highest BCUT2D eigenvalue weighted by Crippen LogP contribution is 2.22. The van der Waals surface area contributed by atoms with E-state index in [0.717, 1.165) is 12.0 Å². The van der Waals surface area contributed by atoms with E-state index in [2.05, 4.69) is 5.32 Å². The Kier molecular flexibility index (Phi) is 4.33. The Morgan fingerprint density at radius 1 is 1.24 bits per heavy atom. The van der Waals surface area contributed by atoms with Crippen LogP contribution in [0.2, 0.25) is 0 Å². The molecule has 0 aliphatic rings. The SMILES string of the molecule is CCc1cccc(NC(=O)c2cccc([N+](=O)[O-])c2C)c1. The molecule has 5 heteroatoms. The minimum atomic E-state index is -0.482. The van der Waals surface area contributed by atoms with Gasteiger partial charge in [-0.15, -0.1) is 0 Å². The van der Waals surface area contributed by atoms with Gasteiger partial charge < -0.3 is 5.32 Å². The third-order valence-electron chi connectivity index (χ3n) is 3.34. The molecule has 0 unspecified atom stereocenters. The maximum atomic E-state index is 12.3. The molecule has 0 atom stereocenters. The summed E-state index contributed by atoms with van der Waals surface area (Å²) in [5.74, 6) is -0.343. The minimum Gasteiger partial charge on any atom is -0.322 e. The largest absolute Gasteiger partial charge is 0.322 e. The normalized spacial score (nSPS) is 10.2. The quantitative estimate of drug-likeness (QED) is 0.687. The van der Waals surface area contributed by atoms with E-state index in [0.29, 0.717) is 16.8 Å². The molecular formula is C16H16N2O3. The summed E-state index contributed by atoms with van der Waals surface area (Å²) in [6.45, 7) is 3.61. The first kappa shape index (κ1) is 14.7. The standard InChI is InChI=1S/C16H16N2O3/c1-3-12-6-4-7-13(10-12)17-16(19)14-8-5-9-15(11(14)2)18(20)21/h4-10H,3H2,1-2H3,(H,17,19). The number of amides is 1. The Bertz CT molecular complexity index is 696. The molecule has 0 heterocycles. The van der Waals surface area contributed by atoms with Crippen molar-refractivity contribution in [3.63, 3.8) is 0 Å². The van der Waals surface area contributed by atoms with Crippen LogP contribution in [0.15, 0.2) is 42.5 Å². The predicted octanol–water partition coefficient (Wildman–Crippen LogP) is 3.72. The highest BCUT2D eigenvalue weighted by atomic mass is 16.6. The van der Waals surface area contributed by atoms with Gasteiger partial charge in [0.1, 0.15) is 0 Å². The van der Waals surface area contributed by atoms with Gasteiger partial charge in [-0.3, -0.25) is 14.9 Å². The number of hydrogen-bond donors (Lipinski definition) is 1. The van der Waals surface area contributed by atoms with Crippen LogP contribution in [0.25, 0.3) is 0 Å². The van der Waals surface area contributed by atoms with Gasteiger partial charge in [0, 0.05) is 22.9 Å². The fourth-order valence-corrected chi connectivity index (χ4v) is 2.13. The summed E-state index contributed by atoms with van der Waals surface area (Å²) in [5.41, 5.74) is 2.43. The van der Waals surface area contributed by atoms with E-state index in [9.17, 15) is 14.9 Å². The van der Waals surface area contributed by atoms with Crippen molar-refractivity contribution in [2.24, 2.45) is 0 Å². The number of nitrogens with one attached hydrogen (secondary N) is 1. The van der Waals surface area contributed by atoms with Crippen LogP contribution < -0.4 is 5.32 Å². The van der Waals surface area contributed by atoms with E-state index in [1.807, 2.05) is 25.1 Å². The Morgan fingerprint density at radius 2 is 1.95 bits per heavy atom. The van der Waals surface area contributed by atoms with Crippen LogP contribution in [-0.4, -0.2) is 10.8 Å². The molecule has 0 radical (unpaired) electrons. The van der Waals surface area contributed by atoms with Crippen molar-refractivity contribution >= 4 is 17.3 Å². The first-order valence-corrected chi connectivity index (χ1v) is 6.67. The first-order chi connectivity index (χ1) is 10.0. The molecule has 0 saturated carbocycles. The molecule has 0 aliphatic carbocycles. The molecule has 2 aromatic rings. The van der Waals surface area contributed by atoms with Crippen molar-refractivity contribution < 1.29 is 9.72 Å². The van der Waals surface area contributed by atoms with Crippen LogP contribution >= 0.6 is 0 Å². The summed E-state index contributed by atoms with van der Waals surface area (Å²) < 4.78 is 0. The zero-order chi connectivity index (χ0) is 15.4. The van der Waals surface area contributed by atoms with Crippen LogP contribution in [0.5, 0.6) is 0 Å². The molecule has 0 saturated heterocycles. The van der Waals surface area contributed by atoms with Crippen LogP contribution in [0.3, 0.4) is 0 Å². The second-order valence-electron chi connectivity index (χ2n) is 4.71. The van der Waals surface area contributed by atoms with E-state index in [4.69, 9.17) is 0 Å². The van der Waals surface area contributed by atoms with Gasteiger partial charge in [0.05, 0.1) is 4.92 Å². The van der Waals surface area contributed by atoms with Crippen LogP contribution in [-0.2, 0) is 6.42 Å². The predicted molar refractivity (Wildman–Crippen MR) is 81.6 cm³/mol. The van der Waals surface area contributed by atoms with Crippen molar-refractivity contribution in [1.29, 1.82) is 0 Å². The molecule has 2 aromatic carbocycles. The van der Waals surface area contributed by atoms with Gasteiger partial charge in [0.15, 0.2) is 0 Å². The average Bonchev–Trinajstić information content (AvgIpc) is 2.47. The third kappa shape index (κ3) is 3.25. The van der Waals surface area contributed by atoms with Gasteiger partial charge >= 0.3 is 0 Å². The molecule has 1 N–H and O–H groups in total. The second-order valence-corrected chi connectivity index (χ2v) is 4.71. The maximum absolute atomic E-state index is 12.3. The van der Waals surface area contributed by atoms with Crippen molar-refractivity contribution in [3.8, 4) is 0 Å². The lowest BCUT2D eigenvalue weighted by atomic mass is 10.1. The van der Waals surface area contributed by atoms with Crippen LogP contribution in [0.1, 0.15) is 28.4 Å². The Morgan fingerprint density at radius 3 is 2.62 bits per heavy atom. The average molecular weight is 284 g/mol. The molecule has 0 aromatic heterocycles. The molecule has 1 amide bonds. The lowest BCUT2D eigenvalue weighted by molar-refractivity contribution is -0.385. The Labute approximate surface area is 122 Å². The maximum Gasteiger partial charge on any atom is 0.273 e. The van der Waals surface area contributed by atoms with Crippen molar-refractivity contribution in [3.05, 3.63) is 69.3 Å². The van der Waals surface area contributed by atoms with E-state index < -0.39 is 4.92 Å². The van der Waals surface area contributed by atoms with E-state index in [1.165, 1.54) is 12.1 Å². The molecule has 108 valence electrons. The Balaban J connectivity index is 2.28. The number of rotatable bonds is 4. The molecule has 5 nitrogen and oxygen atoms in total. The summed E-state index contributed by atoms with van der Waals surface area (Å²) in [5, 5.41) is 13.7. The second kappa shape index (κ2) is 6.17. The number of carbonyl (C=O) groups is 1. The van der Waals surface area contributed by atoms with Crippen molar-refractivity contribution in [2.45, 2.75) is 20.3 Å². The van der Waals surface area contributed by atoms with Gasteiger partial charge in [-0.2, -0.15) is 0 Å². The number of nitrogens with zero attached hydrogens (tertiary/aromatic N) is 1. The topological polar surface area (TPSA) is 72.2 Å². The number of hydrogen-bond acceptors (Lipinski definition) is 3. The van der Waals surface area contributed by atoms with Crippen molar-refractivity contribution in [1.82, 2.24) is 0 Å².